The SMILES string of the molecule is C[C@H](c1ccccc1)N1CCC(N(C)c2ncc(S(=O)(=O)N(C(=O)OC(C)(C)C)c3cscn3)cc2Cl)CC1. The highest BCUT2D eigenvalue weighted by atomic mass is 35.5. The number of thiazole rings is 1. The zero-order valence-electron chi connectivity index (χ0n) is 22.7. The van der Waals surface area contributed by atoms with E-state index in [0.717, 1.165) is 37.3 Å². The van der Waals surface area contributed by atoms with Crippen LogP contribution < -0.4 is 9.21 Å². The van der Waals surface area contributed by atoms with Gasteiger partial charge < -0.3 is 9.64 Å². The van der Waals surface area contributed by atoms with Crippen molar-refractivity contribution in [2.45, 2.75) is 63.1 Å². The molecule has 3 aromatic rings. The number of piperidine rings is 1. The molecular formula is C27H34ClN5O4S2. The molecule has 3 heterocycles. The Kier molecular flexibility index (Phi) is 8.85. The summed E-state index contributed by atoms with van der Waals surface area (Å²) in [6.07, 6.45) is 2.01. The number of anilines is 2. The molecule has 0 unspecified atom stereocenters. The summed E-state index contributed by atoms with van der Waals surface area (Å²) in [5, 5.41) is 1.64. The van der Waals surface area contributed by atoms with E-state index in [1.807, 2.05) is 18.0 Å². The number of halogens is 1. The maximum Gasteiger partial charge on any atom is 0.430 e. The smallest absolute Gasteiger partial charge is 0.430 e. The molecule has 39 heavy (non-hydrogen) atoms. The lowest BCUT2D eigenvalue weighted by Crippen LogP contribution is -2.44. The standard InChI is InChI=1S/C27H34ClN5O4S2/c1-19(20-9-7-6-8-10-20)32-13-11-21(12-14-32)31(5)25-23(28)15-22(16-29-25)39(35,36)33(24-17-38-18-30-24)26(34)37-27(2,3)4/h6-10,15-19,21H,11-14H2,1-5H3/t19-/m1/s1. The molecular weight excluding hydrogens is 558 g/mol. The van der Waals surface area contributed by atoms with Crippen LogP contribution in [0.2, 0.25) is 5.02 Å². The molecule has 12 heteroatoms. The van der Waals surface area contributed by atoms with Crippen LogP contribution in [0.25, 0.3) is 0 Å². The predicted octanol–water partition coefficient (Wildman–Crippen LogP) is 5.98. The fourth-order valence-corrected chi connectivity index (χ4v) is 6.81. The van der Waals surface area contributed by atoms with E-state index in [1.54, 1.807) is 20.8 Å². The third-order valence-electron chi connectivity index (χ3n) is 6.73. The van der Waals surface area contributed by atoms with Gasteiger partial charge in [0.2, 0.25) is 0 Å². The van der Waals surface area contributed by atoms with Gasteiger partial charge in [0.1, 0.15) is 16.3 Å². The van der Waals surface area contributed by atoms with Crippen molar-refractivity contribution in [1.29, 1.82) is 0 Å². The van der Waals surface area contributed by atoms with Crippen LogP contribution >= 0.6 is 22.9 Å². The Morgan fingerprint density at radius 1 is 1.18 bits per heavy atom. The number of carbonyl (C=O) groups is 1. The molecule has 210 valence electrons. The first-order valence-electron chi connectivity index (χ1n) is 12.7. The van der Waals surface area contributed by atoms with Crippen molar-refractivity contribution in [2.75, 3.05) is 29.3 Å². The van der Waals surface area contributed by atoms with Gasteiger partial charge >= 0.3 is 6.09 Å². The largest absolute Gasteiger partial charge is 0.443 e. The molecule has 0 radical (unpaired) electrons. The summed E-state index contributed by atoms with van der Waals surface area (Å²) in [6.45, 7) is 9.05. The number of aromatic nitrogens is 2. The fraction of sp³-hybridized carbons (Fsp3) is 0.444. The van der Waals surface area contributed by atoms with Crippen molar-refractivity contribution in [2.24, 2.45) is 0 Å². The van der Waals surface area contributed by atoms with Gasteiger partial charge in [-0.05, 0) is 52.2 Å². The third-order valence-corrected chi connectivity index (χ3v) is 9.22. The van der Waals surface area contributed by atoms with Gasteiger partial charge in [0.15, 0.2) is 5.82 Å². The van der Waals surface area contributed by atoms with Crippen LogP contribution in [0.15, 0.2) is 58.4 Å². The van der Waals surface area contributed by atoms with Crippen molar-refractivity contribution in [3.8, 4) is 0 Å². The Balaban J connectivity index is 1.50. The van der Waals surface area contributed by atoms with E-state index < -0.39 is 21.7 Å². The first-order valence-corrected chi connectivity index (χ1v) is 15.5. The first-order chi connectivity index (χ1) is 18.4. The van der Waals surface area contributed by atoms with Crippen LogP contribution in [0.5, 0.6) is 0 Å². The van der Waals surface area contributed by atoms with Crippen LogP contribution in [0.3, 0.4) is 0 Å². The minimum absolute atomic E-state index is 0.0527. The summed E-state index contributed by atoms with van der Waals surface area (Å²) < 4.78 is 33.1. The lowest BCUT2D eigenvalue weighted by molar-refractivity contribution is 0.0608. The molecule has 9 nitrogen and oxygen atoms in total. The second-order valence-electron chi connectivity index (χ2n) is 10.5. The minimum Gasteiger partial charge on any atom is -0.443 e. The number of amides is 1. The number of ether oxygens (including phenoxy) is 1. The van der Waals surface area contributed by atoms with Crippen LogP contribution in [-0.2, 0) is 14.8 Å². The zero-order chi connectivity index (χ0) is 28.4. The number of sulfonamides is 1. The van der Waals surface area contributed by atoms with Gasteiger partial charge in [0, 0.05) is 43.8 Å². The Morgan fingerprint density at radius 3 is 2.41 bits per heavy atom. The van der Waals surface area contributed by atoms with E-state index in [1.165, 1.54) is 28.7 Å². The van der Waals surface area contributed by atoms with Crippen molar-refractivity contribution in [1.82, 2.24) is 14.9 Å². The summed E-state index contributed by atoms with van der Waals surface area (Å²) in [5.41, 5.74) is 1.83. The highest BCUT2D eigenvalue weighted by molar-refractivity contribution is 7.93. The van der Waals surface area contributed by atoms with Crippen molar-refractivity contribution in [3.63, 3.8) is 0 Å². The van der Waals surface area contributed by atoms with Gasteiger partial charge in [-0.15, -0.1) is 15.6 Å². The molecule has 0 spiro atoms. The van der Waals surface area contributed by atoms with Crippen LogP contribution in [-0.4, -0.2) is 61.2 Å². The summed E-state index contributed by atoms with van der Waals surface area (Å²) in [4.78, 5) is 25.6. The van der Waals surface area contributed by atoms with Crippen molar-refractivity contribution < 1.29 is 17.9 Å². The quantitative estimate of drug-likeness (QED) is 0.331. The molecule has 4 rings (SSSR count). The van der Waals surface area contributed by atoms with E-state index in [9.17, 15) is 13.2 Å². The van der Waals surface area contributed by atoms with Crippen LogP contribution in [0, 0.1) is 0 Å². The van der Waals surface area contributed by atoms with Gasteiger partial charge in [-0.3, -0.25) is 4.90 Å². The van der Waals surface area contributed by atoms with E-state index >= 15 is 0 Å². The van der Waals surface area contributed by atoms with E-state index in [4.69, 9.17) is 16.3 Å². The number of pyridine rings is 1. The van der Waals surface area contributed by atoms with Gasteiger partial charge in [0.05, 0.1) is 10.5 Å². The van der Waals surface area contributed by atoms with Gasteiger partial charge in [-0.25, -0.2) is 23.2 Å². The second-order valence-corrected chi connectivity index (χ2v) is 13.5. The fourth-order valence-electron chi connectivity index (χ4n) is 4.62. The Morgan fingerprint density at radius 2 is 1.85 bits per heavy atom. The van der Waals surface area contributed by atoms with Crippen LogP contribution in [0.4, 0.5) is 16.4 Å². The number of hydrogen-bond acceptors (Lipinski definition) is 9. The molecule has 1 aliphatic rings. The van der Waals surface area contributed by atoms with Gasteiger partial charge in [-0.2, -0.15) is 0 Å². The Labute approximate surface area is 239 Å². The highest BCUT2D eigenvalue weighted by Crippen LogP contribution is 2.33. The lowest BCUT2D eigenvalue weighted by Gasteiger charge is -2.40. The maximum absolute atomic E-state index is 13.6. The lowest BCUT2D eigenvalue weighted by atomic mass is 9.99. The summed E-state index contributed by atoms with van der Waals surface area (Å²) >= 11 is 7.76. The Bertz CT molecular complexity index is 1370. The molecule has 1 saturated heterocycles. The number of nitrogens with zero attached hydrogens (tertiary/aromatic N) is 5. The molecule has 0 aliphatic carbocycles. The summed E-state index contributed by atoms with van der Waals surface area (Å²) in [5.74, 6) is 0.436. The van der Waals surface area contributed by atoms with Gasteiger partial charge in [-0.1, -0.05) is 41.9 Å². The first kappa shape index (κ1) is 29.3. The average Bonchev–Trinajstić information content (AvgIpc) is 3.41. The third kappa shape index (κ3) is 6.71. The molecule has 1 aliphatic heterocycles. The monoisotopic (exact) mass is 591 g/mol. The van der Waals surface area contributed by atoms with Crippen LogP contribution in [0.1, 0.15) is 52.1 Å². The molecule has 1 fully saturated rings. The Hall–Kier alpha value is -2.73. The zero-order valence-corrected chi connectivity index (χ0v) is 25.1. The van der Waals surface area contributed by atoms with Gasteiger partial charge in [0.25, 0.3) is 10.0 Å². The molecule has 1 amide bonds. The molecule has 0 bridgehead atoms. The molecule has 0 N–H and O–H groups in total. The van der Waals surface area contributed by atoms with E-state index in [2.05, 4.69) is 46.1 Å². The molecule has 0 saturated carbocycles. The highest BCUT2D eigenvalue weighted by Gasteiger charge is 2.37. The second kappa shape index (κ2) is 11.8. The topological polar surface area (TPSA) is 95.9 Å². The number of carbonyl (C=O) groups excluding carboxylic acids is 1. The van der Waals surface area contributed by atoms with E-state index in [-0.39, 0.29) is 21.8 Å². The molecule has 1 atom stereocenters. The van der Waals surface area contributed by atoms with Crippen molar-refractivity contribution >= 4 is 50.7 Å². The number of likely N-dealkylation sites (tertiary alicyclic amines) is 1. The minimum atomic E-state index is -4.40. The molecule has 2 aromatic heterocycles. The summed E-state index contributed by atoms with van der Waals surface area (Å²) in [7, 11) is -2.48. The van der Waals surface area contributed by atoms with E-state index in [0.29, 0.717) is 16.2 Å². The molecule has 1 aromatic carbocycles. The number of benzene rings is 1. The maximum atomic E-state index is 13.6. The predicted molar refractivity (Wildman–Crippen MR) is 155 cm³/mol. The average molecular weight is 592 g/mol. The summed E-state index contributed by atoms with van der Waals surface area (Å²) in [6, 6.07) is 12.3. The number of hydrogen-bond donors (Lipinski definition) is 0. The normalized spacial score (nSPS) is 16.1. The van der Waals surface area contributed by atoms with Crippen molar-refractivity contribution in [3.05, 3.63) is 64.1 Å². The number of rotatable bonds is 7.